The quantitative estimate of drug-likeness (QED) is 0.285. The Kier molecular flexibility index (Phi) is 10.6. The molecule has 0 saturated carbocycles. The van der Waals surface area contributed by atoms with Crippen LogP contribution in [0.25, 0.3) is 0 Å². The molecule has 7 nitrogen and oxygen atoms in total. The number of sulfonamides is 1. The second kappa shape index (κ2) is 13.5. The van der Waals surface area contributed by atoms with Crippen LogP contribution in [0.3, 0.4) is 0 Å². The van der Waals surface area contributed by atoms with E-state index in [1.165, 1.54) is 17.0 Å². The van der Waals surface area contributed by atoms with E-state index in [0.29, 0.717) is 33.3 Å². The molecule has 2 atom stereocenters. The lowest BCUT2D eigenvalue weighted by atomic mass is 10.1. The lowest BCUT2D eigenvalue weighted by molar-refractivity contribution is -0.139. The zero-order chi connectivity index (χ0) is 29.6. The van der Waals surface area contributed by atoms with E-state index in [1.807, 2.05) is 32.9 Å². The van der Waals surface area contributed by atoms with Crippen molar-refractivity contribution in [2.24, 2.45) is 0 Å². The van der Waals surface area contributed by atoms with Crippen molar-refractivity contribution in [3.05, 3.63) is 93.5 Å². The van der Waals surface area contributed by atoms with Crippen molar-refractivity contribution in [3.8, 4) is 0 Å². The Balaban J connectivity index is 2.10. The molecule has 40 heavy (non-hydrogen) atoms. The molecule has 1 N–H and O–H groups in total. The van der Waals surface area contributed by atoms with Crippen LogP contribution in [0.5, 0.6) is 0 Å². The summed E-state index contributed by atoms with van der Waals surface area (Å²) in [5.74, 6) is -0.946. The van der Waals surface area contributed by atoms with Gasteiger partial charge in [0.2, 0.25) is 11.8 Å². The zero-order valence-electron chi connectivity index (χ0n) is 23.3. The standard InChI is InChI=1S/C30H35Cl2N3O4S/c1-6-22(4)33-30(37)23(5)34(18-25-26(31)13-10-14-27(25)32)29(36)19-35(28-17-20(2)15-16-21(28)3)40(38,39)24-11-8-7-9-12-24/h7-17,22-23H,6,18-19H2,1-5H3,(H,33,37)/t22-,23+/m0/s1. The summed E-state index contributed by atoms with van der Waals surface area (Å²) in [4.78, 5) is 28.6. The molecule has 0 spiro atoms. The van der Waals surface area contributed by atoms with Crippen LogP contribution in [0.15, 0.2) is 71.6 Å². The molecule has 214 valence electrons. The molecule has 3 rings (SSSR count). The highest BCUT2D eigenvalue weighted by Gasteiger charge is 2.34. The van der Waals surface area contributed by atoms with Crippen LogP contribution in [0.2, 0.25) is 10.0 Å². The van der Waals surface area contributed by atoms with Crippen LogP contribution < -0.4 is 9.62 Å². The molecule has 0 heterocycles. The van der Waals surface area contributed by atoms with E-state index in [9.17, 15) is 18.0 Å². The molecule has 0 fully saturated rings. The maximum Gasteiger partial charge on any atom is 0.264 e. The molecule has 10 heteroatoms. The van der Waals surface area contributed by atoms with Gasteiger partial charge in [-0.2, -0.15) is 0 Å². The molecule has 2 amide bonds. The van der Waals surface area contributed by atoms with Gasteiger partial charge in [-0.3, -0.25) is 13.9 Å². The first-order chi connectivity index (χ1) is 18.9. The summed E-state index contributed by atoms with van der Waals surface area (Å²) < 4.78 is 29.0. The van der Waals surface area contributed by atoms with Gasteiger partial charge in [0, 0.05) is 28.2 Å². The fraction of sp³-hybridized carbons (Fsp3) is 0.333. The van der Waals surface area contributed by atoms with Crippen molar-refractivity contribution in [3.63, 3.8) is 0 Å². The van der Waals surface area contributed by atoms with Gasteiger partial charge in [0.05, 0.1) is 10.6 Å². The highest BCUT2D eigenvalue weighted by atomic mass is 35.5. The normalized spacial score (nSPS) is 12.9. The molecule has 0 unspecified atom stereocenters. The van der Waals surface area contributed by atoms with Gasteiger partial charge in [0.1, 0.15) is 12.6 Å². The lowest BCUT2D eigenvalue weighted by Gasteiger charge is -2.33. The molecule has 0 aliphatic rings. The fourth-order valence-electron chi connectivity index (χ4n) is 4.12. The van der Waals surface area contributed by atoms with Crippen LogP contribution >= 0.6 is 23.2 Å². The Morgan fingerprint density at radius 1 is 0.925 bits per heavy atom. The Labute approximate surface area is 247 Å². The SMILES string of the molecule is CC[C@H](C)NC(=O)[C@@H](C)N(Cc1c(Cl)cccc1Cl)C(=O)CN(c1cc(C)ccc1C)S(=O)(=O)c1ccccc1. The molecule has 3 aromatic carbocycles. The predicted molar refractivity (Wildman–Crippen MR) is 161 cm³/mol. The summed E-state index contributed by atoms with van der Waals surface area (Å²) in [6.45, 7) is 8.44. The third kappa shape index (κ3) is 7.36. The first-order valence-corrected chi connectivity index (χ1v) is 15.2. The Morgan fingerprint density at radius 2 is 1.55 bits per heavy atom. The van der Waals surface area contributed by atoms with Gasteiger partial charge in [-0.25, -0.2) is 8.42 Å². The number of aryl methyl sites for hydroxylation is 2. The first-order valence-electron chi connectivity index (χ1n) is 13.0. The zero-order valence-corrected chi connectivity index (χ0v) is 25.6. The van der Waals surface area contributed by atoms with E-state index in [4.69, 9.17) is 23.2 Å². The number of hydrogen-bond donors (Lipinski definition) is 1. The van der Waals surface area contributed by atoms with Gasteiger partial charge >= 0.3 is 0 Å². The lowest BCUT2D eigenvalue weighted by Crippen LogP contribution is -2.52. The van der Waals surface area contributed by atoms with Crippen LogP contribution in [-0.2, 0) is 26.2 Å². The molecule has 0 aromatic heterocycles. The average Bonchev–Trinajstić information content (AvgIpc) is 2.92. The number of nitrogens with one attached hydrogen (secondary N) is 1. The van der Waals surface area contributed by atoms with E-state index in [0.717, 1.165) is 9.87 Å². The second-order valence-corrected chi connectivity index (χ2v) is 12.5. The molecule has 0 saturated heterocycles. The number of rotatable bonds is 11. The Bertz CT molecular complexity index is 1440. The number of anilines is 1. The van der Waals surface area contributed by atoms with Crippen molar-refractivity contribution in [2.45, 2.75) is 64.6 Å². The van der Waals surface area contributed by atoms with Crippen LogP contribution in [0.4, 0.5) is 5.69 Å². The van der Waals surface area contributed by atoms with Gasteiger partial charge < -0.3 is 10.2 Å². The van der Waals surface area contributed by atoms with Crippen molar-refractivity contribution in [2.75, 3.05) is 10.8 Å². The van der Waals surface area contributed by atoms with Crippen LogP contribution in [0, 0.1) is 13.8 Å². The summed E-state index contributed by atoms with van der Waals surface area (Å²) in [5, 5.41) is 3.58. The van der Waals surface area contributed by atoms with Crippen molar-refractivity contribution in [1.82, 2.24) is 10.2 Å². The second-order valence-electron chi connectivity index (χ2n) is 9.83. The number of carbonyl (C=O) groups is 2. The smallest absolute Gasteiger partial charge is 0.264 e. The topological polar surface area (TPSA) is 86.8 Å². The van der Waals surface area contributed by atoms with E-state index < -0.39 is 28.5 Å². The summed E-state index contributed by atoms with van der Waals surface area (Å²) >= 11 is 12.9. The number of hydrogen-bond acceptors (Lipinski definition) is 4. The molecular formula is C30H35Cl2N3O4S. The van der Waals surface area contributed by atoms with Gasteiger partial charge in [-0.05, 0) is 75.6 Å². The number of benzene rings is 3. The van der Waals surface area contributed by atoms with Gasteiger partial charge in [0.15, 0.2) is 0 Å². The van der Waals surface area contributed by atoms with E-state index >= 15 is 0 Å². The summed E-state index contributed by atoms with van der Waals surface area (Å²) in [5.41, 5.74) is 2.36. The number of halogens is 2. The average molecular weight is 605 g/mol. The molecular weight excluding hydrogens is 569 g/mol. The van der Waals surface area contributed by atoms with Gasteiger partial charge in [0.25, 0.3) is 10.0 Å². The monoisotopic (exact) mass is 603 g/mol. The summed E-state index contributed by atoms with van der Waals surface area (Å²) in [6, 6.07) is 17.3. The molecule has 0 radical (unpaired) electrons. The summed E-state index contributed by atoms with van der Waals surface area (Å²) in [7, 11) is -4.15. The van der Waals surface area contributed by atoms with E-state index in [-0.39, 0.29) is 23.4 Å². The minimum atomic E-state index is -4.15. The maximum atomic E-state index is 14.1. The minimum absolute atomic E-state index is 0.0481. The number of amides is 2. The molecule has 0 aliphatic heterocycles. The molecule has 0 aliphatic carbocycles. The van der Waals surface area contributed by atoms with Gasteiger partial charge in [-0.15, -0.1) is 0 Å². The van der Waals surface area contributed by atoms with E-state index in [1.54, 1.807) is 56.3 Å². The highest BCUT2D eigenvalue weighted by Crippen LogP contribution is 2.30. The Hall–Kier alpha value is -3.07. The maximum absolute atomic E-state index is 14.1. The van der Waals surface area contributed by atoms with E-state index in [2.05, 4.69) is 5.32 Å². The minimum Gasteiger partial charge on any atom is -0.352 e. The fourth-order valence-corrected chi connectivity index (χ4v) is 6.13. The van der Waals surface area contributed by atoms with Gasteiger partial charge in [-0.1, -0.05) is 66.5 Å². The largest absolute Gasteiger partial charge is 0.352 e. The molecule has 3 aromatic rings. The third-order valence-electron chi connectivity index (χ3n) is 6.80. The first kappa shape index (κ1) is 31.5. The molecule has 0 bridgehead atoms. The van der Waals surface area contributed by atoms with Crippen molar-refractivity contribution >= 4 is 50.7 Å². The third-order valence-corrected chi connectivity index (χ3v) is 9.28. The van der Waals surface area contributed by atoms with Crippen molar-refractivity contribution in [1.29, 1.82) is 0 Å². The van der Waals surface area contributed by atoms with Crippen LogP contribution in [0.1, 0.15) is 43.9 Å². The summed E-state index contributed by atoms with van der Waals surface area (Å²) in [6.07, 6.45) is 0.707. The van der Waals surface area contributed by atoms with Crippen molar-refractivity contribution < 1.29 is 18.0 Å². The number of nitrogens with zero attached hydrogens (tertiary/aromatic N) is 2. The number of carbonyl (C=O) groups excluding carboxylic acids is 2. The highest BCUT2D eigenvalue weighted by molar-refractivity contribution is 7.92. The van der Waals surface area contributed by atoms with Crippen LogP contribution in [-0.4, -0.2) is 43.8 Å². The Morgan fingerprint density at radius 3 is 2.15 bits per heavy atom. The predicted octanol–water partition coefficient (Wildman–Crippen LogP) is 6.14.